The van der Waals surface area contributed by atoms with Crippen LogP contribution in [0, 0.1) is 5.92 Å². The number of aryl methyl sites for hydroxylation is 1. The zero-order valence-electron chi connectivity index (χ0n) is 9.99. The van der Waals surface area contributed by atoms with E-state index in [1.54, 1.807) is 0 Å². The Bertz CT molecular complexity index is 382. The van der Waals surface area contributed by atoms with Crippen molar-refractivity contribution in [3.05, 3.63) is 16.5 Å². The van der Waals surface area contributed by atoms with Gasteiger partial charge in [-0.1, -0.05) is 6.92 Å². The minimum absolute atomic E-state index is 0.252. The molecule has 2 N–H and O–H groups in total. The molecule has 0 spiro atoms. The first-order valence-corrected chi connectivity index (χ1v) is 6.93. The van der Waals surface area contributed by atoms with Gasteiger partial charge in [-0.15, -0.1) is 0 Å². The second kappa shape index (κ2) is 5.78. The van der Waals surface area contributed by atoms with E-state index < -0.39 is 0 Å². The van der Waals surface area contributed by atoms with Crippen molar-refractivity contribution in [1.82, 2.24) is 9.97 Å². The molecule has 0 saturated heterocycles. The van der Waals surface area contributed by atoms with Gasteiger partial charge in [-0.3, -0.25) is 0 Å². The van der Waals surface area contributed by atoms with Gasteiger partial charge in [-0.2, -0.15) is 0 Å². The Labute approximate surface area is 110 Å². The molecule has 1 aromatic rings. The number of hydrogen-bond acceptors (Lipinski definition) is 4. The number of aromatic nitrogens is 2. The predicted molar refractivity (Wildman–Crippen MR) is 70.9 cm³/mol. The number of aliphatic hydroxyl groups excluding tert-OH is 1. The van der Waals surface area contributed by atoms with Crippen molar-refractivity contribution in [2.45, 2.75) is 38.7 Å². The van der Waals surface area contributed by atoms with Crippen LogP contribution in [0.3, 0.4) is 0 Å². The summed E-state index contributed by atoms with van der Waals surface area (Å²) in [5, 5.41) is 12.9. The molecule has 1 aliphatic rings. The van der Waals surface area contributed by atoms with Gasteiger partial charge in [-0.05, 0) is 41.1 Å². The Morgan fingerprint density at radius 3 is 2.94 bits per heavy atom. The highest BCUT2D eigenvalue weighted by Gasteiger charge is 2.29. The van der Waals surface area contributed by atoms with Crippen molar-refractivity contribution in [3.63, 3.8) is 0 Å². The Kier molecular flexibility index (Phi) is 4.34. The van der Waals surface area contributed by atoms with Crippen molar-refractivity contribution in [2.24, 2.45) is 5.92 Å². The number of halogens is 1. The standard InChI is InChI=1S/C12H18BrN3O/c1-2-3-11-15-10(13)6-12(16-11)14-7-9(17)8-4-5-8/h6,8-9,17H,2-5,7H2,1H3,(H,14,15,16). The van der Waals surface area contributed by atoms with Gasteiger partial charge in [0.25, 0.3) is 0 Å². The Balaban J connectivity index is 1.94. The first kappa shape index (κ1) is 12.8. The molecule has 94 valence electrons. The molecule has 1 unspecified atom stereocenters. The van der Waals surface area contributed by atoms with Crippen molar-refractivity contribution >= 4 is 21.7 Å². The van der Waals surface area contributed by atoms with E-state index in [1.807, 2.05) is 6.07 Å². The molecule has 1 saturated carbocycles. The van der Waals surface area contributed by atoms with Crippen LogP contribution in [0.25, 0.3) is 0 Å². The molecule has 0 aliphatic heterocycles. The molecule has 1 atom stereocenters. The first-order chi connectivity index (χ1) is 8.19. The summed E-state index contributed by atoms with van der Waals surface area (Å²) < 4.78 is 0.791. The van der Waals surface area contributed by atoms with Crippen molar-refractivity contribution < 1.29 is 5.11 Å². The van der Waals surface area contributed by atoms with Gasteiger partial charge in [0.15, 0.2) is 0 Å². The minimum atomic E-state index is -0.252. The summed E-state index contributed by atoms with van der Waals surface area (Å²) in [6.07, 6.45) is 3.95. The van der Waals surface area contributed by atoms with Crippen LogP contribution in [-0.4, -0.2) is 27.7 Å². The lowest BCUT2D eigenvalue weighted by atomic mass is 10.2. The van der Waals surface area contributed by atoms with Crippen LogP contribution < -0.4 is 5.32 Å². The smallest absolute Gasteiger partial charge is 0.132 e. The molecule has 4 nitrogen and oxygen atoms in total. The molecule has 0 amide bonds. The van der Waals surface area contributed by atoms with Gasteiger partial charge in [0.2, 0.25) is 0 Å². The monoisotopic (exact) mass is 299 g/mol. The van der Waals surface area contributed by atoms with E-state index in [0.29, 0.717) is 12.5 Å². The summed E-state index contributed by atoms with van der Waals surface area (Å²) in [5.41, 5.74) is 0. The number of nitrogens with zero attached hydrogens (tertiary/aromatic N) is 2. The molecule has 1 aliphatic carbocycles. The zero-order chi connectivity index (χ0) is 12.3. The quantitative estimate of drug-likeness (QED) is 0.792. The van der Waals surface area contributed by atoms with Gasteiger partial charge >= 0.3 is 0 Å². The first-order valence-electron chi connectivity index (χ1n) is 6.14. The van der Waals surface area contributed by atoms with E-state index in [4.69, 9.17) is 0 Å². The van der Waals surface area contributed by atoms with Crippen LogP contribution in [0.5, 0.6) is 0 Å². The van der Waals surface area contributed by atoms with Crippen LogP contribution in [0.1, 0.15) is 32.0 Å². The van der Waals surface area contributed by atoms with Crippen molar-refractivity contribution in [2.75, 3.05) is 11.9 Å². The van der Waals surface area contributed by atoms with Gasteiger partial charge in [0.1, 0.15) is 16.2 Å². The van der Waals surface area contributed by atoms with Crippen LogP contribution in [0.4, 0.5) is 5.82 Å². The molecule has 0 aromatic carbocycles. The fourth-order valence-corrected chi connectivity index (χ4v) is 2.17. The molecular formula is C12H18BrN3O. The van der Waals surface area contributed by atoms with Crippen LogP contribution in [0.15, 0.2) is 10.7 Å². The average molecular weight is 300 g/mol. The molecular weight excluding hydrogens is 282 g/mol. The molecule has 0 radical (unpaired) electrons. The topological polar surface area (TPSA) is 58.0 Å². The number of anilines is 1. The maximum atomic E-state index is 9.77. The Morgan fingerprint density at radius 2 is 2.29 bits per heavy atom. The van der Waals surface area contributed by atoms with E-state index in [-0.39, 0.29) is 6.10 Å². The third-order valence-corrected chi connectivity index (χ3v) is 3.28. The summed E-state index contributed by atoms with van der Waals surface area (Å²) in [4.78, 5) is 8.71. The number of nitrogens with one attached hydrogen (secondary N) is 1. The third kappa shape index (κ3) is 3.92. The maximum absolute atomic E-state index is 9.77. The zero-order valence-corrected chi connectivity index (χ0v) is 11.6. The maximum Gasteiger partial charge on any atom is 0.132 e. The van der Waals surface area contributed by atoms with Crippen molar-refractivity contribution in [3.8, 4) is 0 Å². The summed E-state index contributed by atoms with van der Waals surface area (Å²) in [5.74, 6) is 2.11. The largest absolute Gasteiger partial charge is 0.391 e. The van der Waals surface area contributed by atoms with Crippen LogP contribution >= 0.6 is 15.9 Å². The van der Waals surface area contributed by atoms with E-state index in [1.165, 1.54) is 0 Å². The van der Waals surface area contributed by atoms with Gasteiger partial charge in [-0.25, -0.2) is 9.97 Å². The summed E-state index contributed by atoms with van der Waals surface area (Å²) >= 11 is 3.38. The van der Waals surface area contributed by atoms with E-state index in [9.17, 15) is 5.11 Å². The predicted octanol–water partition coefficient (Wildman–Crippen LogP) is 2.37. The molecule has 1 fully saturated rings. The SMILES string of the molecule is CCCc1nc(Br)cc(NCC(O)C2CC2)n1. The Hall–Kier alpha value is -0.680. The highest BCUT2D eigenvalue weighted by atomic mass is 79.9. The molecule has 2 rings (SSSR count). The molecule has 1 heterocycles. The lowest BCUT2D eigenvalue weighted by Gasteiger charge is -2.12. The fraction of sp³-hybridized carbons (Fsp3) is 0.667. The van der Waals surface area contributed by atoms with Crippen LogP contribution in [0.2, 0.25) is 0 Å². The van der Waals surface area contributed by atoms with E-state index >= 15 is 0 Å². The normalized spacial score (nSPS) is 16.9. The average Bonchev–Trinajstić information content (AvgIpc) is 3.09. The molecule has 17 heavy (non-hydrogen) atoms. The summed E-state index contributed by atoms with van der Waals surface area (Å²) in [6.45, 7) is 2.67. The highest BCUT2D eigenvalue weighted by molar-refractivity contribution is 9.10. The van der Waals surface area contributed by atoms with Gasteiger partial charge in [0.05, 0.1) is 6.10 Å². The van der Waals surface area contributed by atoms with E-state index in [0.717, 1.165) is 41.9 Å². The van der Waals surface area contributed by atoms with Gasteiger partial charge in [0, 0.05) is 19.0 Å². The minimum Gasteiger partial charge on any atom is -0.391 e. The summed E-state index contributed by atoms with van der Waals surface area (Å²) in [6, 6.07) is 1.85. The second-order valence-electron chi connectivity index (χ2n) is 4.53. The number of aliphatic hydroxyl groups is 1. The summed E-state index contributed by atoms with van der Waals surface area (Å²) in [7, 11) is 0. The number of hydrogen-bond donors (Lipinski definition) is 2. The number of rotatable bonds is 6. The fourth-order valence-electron chi connectivity index (χ4n) is 1.75. The highest BCUT2D eigenvalue weighted by Crippen LogP contribution is 2.32. The van der Waals surface area contributed by atoms with Gasteiger partial charge < -0.3 is 10.4 Å². The molecule has 5 heteroatoms. The van der Waals surface area contributed by atoms with Crippen LogP contribution in [-0.2, 0) is 6.42 Å². The molecule has 0 bridgehead atoms. The third-order valence-electron chi connectivity index (χ3n) is 2.87. The van der Waals surface area contributed by atoms with Crippen molar-refractivity contribution in [1.29, 1.82) is 0 Å². The van der Waals surface area contributed by atoms with E-state index in [2.05, 4.69) is 38.1 Å². The Morgan fingerprint density at radius 1 is 1.53 bits per heavy atom. The lowest BCUT2D eigenvalue weighted by molar-refractivity contribution is 0.164. The second-order valence-corrected chi connectivity index (χ2v) is 5.34. The molecule has 1 aromatic heterocycles. The lowest BCUT2D eigenvalue weighted by Crippen LogP contribution is -2.22.